The Kier molecular flexibility index (Phi) is 17.0. The van der Waals surface area contributed by atoms with Crippen molar-refractivity contribution in [2.45, 2.75) is 93.4 Å². The Morgan fingerprint density at radius 2 is 1.71 bits per heavy atom. The molecule has 1 N–H and O–H groups in total. The maximum absolute atomic E-state index is 9.51. The number of nitrogens with zero attached hydrogens (tertiary/aromatic N) is 1. The quantitative estimate of drug-likeness (QED) is 0.416. The van der Waals surface area contributed by atoms with E-state index in [1.807, 2.05) is 27.8 Å². The molecule has 0 radical (unpaired) electrons. The highest BCUT2D eigenvalue weighted by molar-refractivity contribution is 6.00. The molecule has 2 rings (SSSR count). The lowest BCUT2D eigenvalue weighted by Gasteiger charge is -2.36. The molecule has 0 amide bonds. The Morgan fingerprint density at radius 3 is 2.11 bits per heavy atom. The van der Waals surface area contributed by atoms with Crippen LogP contribution >= 0.6 is 0 Å². The molecular formula is C26H47NO. The number of benzene rings is 1. The van der Waals surface area contributed by atoms with Crippen LogP contribution in [-0.4, -0.2) is 24.5 Å². The van der Waals surface area contributed by atoms with Gasteiger partial charge in [-0.05, 0) is 68.9 Å². The minimum atomic E-state index is 0.133. The Labute approximate surface area is 176 Å². The van der Waals surface area contributed by atoms with Gasteiger partial charge >= 0.3 is 0 Å². The average molecular weight is 390 g/mol. The largest absolute Gasteiger partial charge is 0.396 e. The van der Waals surface area contributed by atoms with E-state index in [0.717, 1.165) is 18.6 Å². The smallest absolute Gasteiger partial charge is 0.0484 e. The van der Waals surface area contributed by atoms with Crippen LogP contribution in [0.25, 0.3) is 0 Å². The predicted molar refractivity (Wildman–Crippen MR) is 129 cm³/mol. The highest BCUT2D eigenvalue weighted by Gasteiger charge is 2.31. The van der Waals surface area contributed by atoms with E-state index in [2.05, 4.69) is 64.4 Å². The van der Waals surface area contributed by atoms with Crippen molar-refractivity contribution >= 4 is 5.71 Å². The third-order valence-corrected chi connectivity index (χ3v) is 4.95. The molecular weight excluding hydrogens is 342 g/mol. The van der Waals surface area contributed by atoms with E-state index in [9.17, 15) is 5.11 Å². The van der Waals surface area contributed by atoms with Crippen molar-refractivity contribution in [2.24, 2.45) is 10.4 Å². The van der Waals surface area contributed by atoms with Gasteiger partial charge in [-0.15, -0.1) is 6.58 Å². The molecule has 0 aromatic heterocycles. The zero-order valence-electron chi connectivity index (χ0n) is 20.2. The van der Waals surface area contributed by atoms with Gasteiger partial charge in [0.15, 0.2) is 0 Å². The van der Waals surface area contributed by atoms with Crippen molar-refractivity contribution in [2.75, 3.05) is 13.7 Å². The van der Waals surface area contributed by atoms with Gasteiger partial charge in [0.1, 0.15) is 0 Å². The zero-order valence-corrected chi connectivity index (χ0v) is 20.2. The normalized spacial score (nSPS) is 21.1. The van der Waals surface area contributed by atoms with E-state index in [0.29, 0.717) is 12.5 Å². The number of aliphatic hydroxyl groups excluding tert-OH is 1. The predicted octanol–water partition coefficient (Wildman–Crippen LogP) is 7.72. The summed E-state index contributed by atoms with van der Waals surface area (Å²) in [6.45, 7) is 20.3. The lowest BCUT2D eigenvalue weighted by Crippen LogP contribution is -2.27. The van der Waals surface area contributed by atoms with E-state index in [1.54, 1.807) is 6.08 Å². The van der Waals surface area contributed by atoms with Crippen molar-refractivity contribution < 1.29 is 5.11 Å². The number of aryl methyl sites for hydroxylation is 1. The molecule has 1 fully saturated rings. The molecule has 2 nitrogen and oxygen atoms in total. The number of aliphatic imine (C=N–C) groups is 1. The molecule has 162 valence electrons. The van der Waals surface area contributed by atoms with Crippen LogP contribution in [0, 0.1) is 12.3 Å². The summed E-state index contributed by atoms with van der Waals surface area (Å²) in [4.78, 5) is 4.37. The summed E-state index contributed by atoms with van der Waals surface area (Å²) >= 11 is 0. The molecule has 0 heterocycles. The van der Waals surface area contributed by atoms with Crippen molar-refractivity contribution in [1.29, 1.82) is 0 Å². The molecule has 1 aromatic carbocycles. The molecule has 1 aliphatic carbocycles. The van der Waals surface area contributed by atoms with Gasteiger partial charge in [-0.1, -0.05) is 70.9 Å². The van der Waals surface area contributed by atoms with Crippen LogP contribution in [0.5, 0.6) is 0 Å². The first-order valence-electron chi connectivity index (χ1n) is 11.0. The topological polar surface area (TPSA) is 32.6 Å². The third kappa shape index (κ3) is 10.2. The van der Waals surface area contributed by atoms with Crippen LogP contribution in [0.1, 0.15) is 103 Å². The second-order valence-corrected chi connectivity index (χ2v) is 7.76. The minimum Gasteiger partial charge on any atom is -0.396 e. The average Bonchev–Trinajstić information content (AvgIpc) is 2.71. The molecule has 1 aliphatic rings. The fourth-order valence-electron chi connectivity index (χ4n) is 3.25. The monoisotopic (exact) mass is 389 g/mol. The number of rotatable bonds is 3. The van der Waals surface area contributed by atoms with Crippen LogP contribution in [0.4, 0.5) is 0 Å². The summed E-state index contributed by atoms with van der Waals surface area (Å²) in [6, 6.07) is 6.72. The standard InChI is InChI=1S/C18H27NO.C3H8.C3H6.C2H6/c1-13-5-6-16(14(2)19-4)17(11-13)15-7-9-18(3,12-20)10-8-15;2*1-3-2;1-2/h5-6,11,15,20H,7-10,12H2,1-4H3;3H2,1-2H3;3H,1H2,2H3;1-2H3. The fourth-order valence-corrected chi connectivity index (χ4v) is 3.25. The number of hydrogen-bond donors (Lipinski definition) is 1. The van der Waals surface area contributed by atoms with Gasteiger partial charge < -0.3 is 5.11 Å². The Bertz CT molecular complexity index is 552. The lowest BCUT2D eigenvalue weighted by molar-refractivity contribution is 0.0934. The van der Waals surface area contributed by atoms with Crippen LogP contribution in [0.3, 0.4) is 0 Å². The SMILES string of the molecule is C=CC.CC.CCC.CN=C(C)c1ccc(C)cc1C1CCC(C)(CO)CC1. The molecule has 0 unspecified atom stereocenters. The Hall–Kier alpha value is -1.41. The van der Waals surface area contributed by atoms with Gasteiger partial charge in [-0.3, -0.25) is 4.99 Å². The first-order chi connectivity index (χ1) is 13.3. The highest BCUT2D eigenvalue weighted by Crippen LogP contribution is 2.43. The van der Waals surface area contributed by atoms with E-state index >= 15 is 0 Å². The molecule has 0 spiro atoms. The maximum Gasteiger partial charge on any atom is 0.0484 e. The van der Waals surface area contributed by atoms with Crippen LogP contribution in [0.15, 0.2) is 35.8 Å². The van der Waals surface area contributed by atoms with Crippen molar-refractivity contribution in [3.63, 3.8) is 0 Å². The Morgan fingerprint density at radius 1 is 1.25 bits per heavy atom. The highest BCUT2D eigenvalue weighted by atomic mass is 16.3. The molecule has 1 aromatic rings. The van der Waals surface area contributed by atoms with E-state index < -0.39 is 0 Å². The maximum atomic E-state index is 9.51. The molecule has 0 bridgehead atoms. The van der Waals surface area contributed by atoms with E-state index in [-0.39, 0.29) is 5.41 Å². The van der Waals surface area contributed by atoms with Crippen LogP contribution < -0.4 is 0 Å². The van der Waals surface area contributed by atoms with Crippen molar-refractivity contribution in [3.05, 3.63) is 47.5 Å². The van der Waals surface area contributed by atoms with Gasteiger partial charge in [-0.25, -0.2) is 0 Å². The molecule has 0 saturated heterocycles. The summed E-state index contributed by atoms with van der Waals surface area (Å²) < 4.78 is 0. The van der Waals surface area contributed by atoms with Gasteiger partial charge in [0.25, 0.3) is 0 Å². The fraction of sp³-hybridized carbons (Fsp3) is 0.654. The Balaban J connectivity index is 0. The van der Waals surface area contributed by atoms with Crippen LogP contribution in [-0.2, 0) is 0 Å². The lowest BCUT2D eigenvalue weighted by atomic mass is 9.69. The summed E-state index contributed by atoms with van der Waals surface area (Å²) in [7, 11) is 1.86. The van der Waals surface area contributed by atoms with Crippen molar-refractivity contribution in [3.8, 4) is 0 Å². The summed E-state index contributed by atoms with van der Waals surface area (Å²) in [5, 5.41) is 9.51. The molecule has 0 aliphatic heterocycles. The first-order valence-corrected chi connectivity index (χ1v) is 11.0. The molecule has 1 saturated carbocycles. The van der Waals surface area contributed by atoms with Crippen molar-refractivity contribution in [1.82, 2.24) is 0 Å². The molecule has 0 atom stereocenters. The van der Waals surface area contributed by atoms with Gasteiger partial charge in [-0.2, -0.15) is 0 Å². The molecule has 28 heavy (non-hydrogen) atoms. The second-order valence-electron chi connectivity index (χ2n) is 7.76. The number of hydrogen-bond acceptors (Lipinski definition) is 2. The van der Waals surface area contributed by atoms with E-state index in [1.165, 1.54) is 36.0 Å². The van der Waals surface area contributed by atoms with Gasteiger partial charge in [0, 0.05) is 19.4 Å². The zero-order chi connectivity index (χ0) is 22.2. The summed E-state index contributed by atoms with van der Waals surface area (Å²) in [5.74, 6) is 0.612. The first kappa shape index (κ1) is 28.8. The van der Waals surface area contributed by atoms with Gasteiger partial charge in [0.2, 0.25) is 0 Å². The number of aliphatic hydroxyl groups is 1. The number of allylic oxidation sites excluding steroid dienone is 1. The van der Waals surface area contributed by atoms with Crippen LogP contribution in [0.2, 0.25) is 0 Å². The minimum absolute atomic E-state index is 0.133. The van der Waals surface area contributed by atoms with E-state index in [4.69, 9.17) is 0 Å². The summed E-state index contributed by atoms with van der Waals surface area (Å²) in [5.41, 5.74) is 5.33. The third-order valence-electron chi connectivity index (χ3n) is 4.95. The second kappa shape index (κ2) is 16.5. The van der Waals surface area contributed by atoms with Gasteiger partial charge in [0.05, 0.1) is 0 Å². The molecule has 2 heteroatoms. The summed E-state index contributed by atoms with van der Waals surface area (Å²) in [6.07, 6.45) is 7.57.